The van der Waals surface area contributed by atoms with Crippen molar-refractivity contribution in [2.45, 2.75) is 68.3 Å². The topological polar surface area (TPSA) is 142 Å². The highest BCUT2D eigenvalue weighted by Gasteiger charge is 2.48. The van der Waals surface area contributed by atoms with E-state index in [-0.39, 0.29) is 6.04 Å². The van der Waals surface area contributed by atoms with E-state index in [0.717, 1.165) is 25.7 Å². The summed E-state index contributed by atoms with van der Waals surface area (Å²) in [6.45, 7) is 0. The van der Waals surface area contributed by atoms with Crippen molar-refractivity contribution in [2.75, 3.05) is 0 Å². The Morgan fingerprint density at radius 3 is 1.70 bits per heavy atom. The fourth-order valence-electron chi connectivity index (χ4n) is 2.85. The van der Waals surface area contributed by atoms with E-state index < -0.39 is 42.6 Å². The molecular weight excluding hydrogens is 268 g/mol. The number of aliphatic hydroxyl groups excluding tert-OH is 5. The van der Waals surface area contributed by atoms with E-state index in [1.807, 2.05) is 0 Å². The summed E-state index contributed by atoms with van der Waals surface area (Å²) in [6.07, 6.45) is -4.19. The molecule has 0 radical (unpaired) electrons. The monoisotopic (exact) mass is 290 g/mol. The van der Waals surface area contributed by atoms with E-state index in [0.29, 0.717) is 0 Å². The highest BCUT2D eigenvalue weighted by atomic mass is 16.4. The third-order valence-electron chi connectivity index (χ3n) is 4.12. The number of rotatable bonds is 2. The highest BCUT2D eigenvalue weighted by Crippen LogP contribution is 2.22. The number of amides is 2. The van der Waals surface area contributed by atoms with E-state index in [4.69, 9.17) is 0 Å². The van der Waals surface area contributed by atoms with Gasteiger partial charge in [-0.25, -0.2) is 4.79 Å². The third kappa shape index (κ3) is 3.04. The van der Waals surface area contributed by atoms with E-state index in [1.54, 1.807) is 0 Å². The van der Waals surface area contributed by atoms with Gasteiger partial charge in [0.15, 0.2) is 0 Å². The predicted octanol–water partition coefficient (Wildman–Crippen LogP) is -2.59. The van der Waals surface area contributed by atoms with Gasteiger partial charge >= 0.3 is 6.03 Å². The van der Waals surface area contributed by atoms with Crippen LogP contribution in [0.3, 0.4) is 0 Å². The number of carbonyl (C=O) groups excluding carboxylic acids is 1. The second-order valence-corrected chi connectivity index (χ2v) is 5.58. The van der Waals surface area contributed by atoms with Gasteiger partial charge in [-0.15, -0.1) is 0 Å². The second-order valence-electron chi connectivity index (χ2n) is 5.58. The van der Waals surface area contributed by atoms with Crippen LogP contribution in [0.25, 0.3) is 0 Å². The Morgan fingerprint density at radius 1 is 0.750 bits per heavy atom. The molecule has 0 heterocycles. The van der Waals surface area contributed by atoms with Crippen LogP contribution in [0.2, 0.25) is 0 Å². The fraction of sp³-hybridized carbons (Fsp3) is 0.917. The van der Waals surface area contributed by atoms with Gasteiger partial charge in [-0.05, 0) is 12.8 Å². The molecule has 8 nitrogen and oxygen atoms in total. The van der Waals surface area contributed by atoms with Crippen molar-refractivity contribution in [3.63, 3.8) is 0 Å². The molecule has 2 amide bonds. The molecule has 0 saturated heterocycles. The molecule has 2 saturated carbocycles. The Labute approximate surface area is 116 Å². The van der Waals surface area contributed by atoms with Crippen LogP contribution in [0.1, 0.15) is 25.7 Å². The van der Waals surface area contributed by atoms with Crippen molar-refractivity contribution in [2.24, 2.45) is 0 Å². The first-order chi connectivity index (χ1) is 9.41. The van der Waals surface area contributed by atoms with Crippen LogP contribution in [0.4, 0.5) is 4.79 Å². The molecule has 0 bridgehead atoms. The number of aliphatic hydroxyl groups is 5. The van der Waals surface area contributed by atoms with Crippen molar-refractivity contribution in [1.29, 1.82) is 0 Å². The number of hydrogen-bond acceptors (Lipinski definition) is 6. The van der Waals surface area contributed by atoms with Gasteiger partial charge in [-0.1, -0.05) is 12.8 Å². The van der Waals surface area contributed by atoms with E-state index in [9.17, 15) is 30.3 Å². The lowest BCUT2D eigenvalue weighted by molar-refractivity contribution is -0.188. The number of carbonyl (C=O) groups is 1. The van der Waals surface area contributed by atoms with Crippen molar-refractivity contribution >= 4 is 6.03 Å². The molecule has 2 aliphatic rings. The molecule has 0 aliphatic heterocycles. The molecule has 20 heavy (non-hydrogen) atoms. The molecule has 2 fully saturated rings. The normalized spacial score (nSPS) is 42.5. The van der Waals surface area contributed by atoms with Gasteiger partial charge in [0.2, 0.25) is 0 Å². The zero-order valence-corrected chi connectivity index (χ0v) is 11.0. The van der Waals surface area contributed by atoms with E-state index >= 15 is 0 Å². The summed E-state index contributed by atoms with van der Waals surface area (Å²) in [7, 11) is 0. The molecule has 116 valence electrons. The van der Waals surface area contributed by atoms with Crippen LogP contribution in [0.15, 0.2) is 0 Å². The largest absolute Gasteiger partial charge is 0.388 e. The molecule has 7 N–H and O–H groups in total. The Balaban J connectivity index is 1.94. The average molecular weight is 290 g/mol. The van der Waals surface area contributed by atoms with Crippen molar-refractivity contribution in [3.8, 4) is 0 Å². The highest BCUT2D eigenvalue weighted by molar-refractivity contribution is 5.74. The van der Waals surface area contributed by atoms with Crippen LogP contribution in [-0.4, -0.2) is 74.2 Å². The standard InChI is InChI=1S/C12H22N2O6/c15-7-6(8(16)10(18)11(19)9(7)17)14-12(20)13-5-3-1-2-4-5/h5-11,15-19H,1-4H2,(H2,13,14,20)/t6?,7-,8+,9+,10-,11?. The maximum atomic E-state index is 11.8. The SMILES string of the molecule is O=C(NC1CCCC1)NC1[C@@H](O)[C@H](O)C(O)[C@H](O)[C@H]1O. The van der Waals surface area contributed by atoms with E-state index in [2.05, 4.69) is 10.6 Å². The van der Waals surface area contributed by atoms with Crippen molar-refractivity contribution in [1.82, 2.24) is 10.6 Å². The third-order valence-corrected chi connectivity index (χ3v) is 4.12. The van der Waals surface area contributed by atoms with Gasteiger partial charge in [0.1, 0.15) is 30.5 Å². The minimum absolute atomic E-state index is 0.0633. The molecule has 6 atom stereocenters. The van der Waals surface area contributed by atoms with E-state index in [1.165, 1.54) is 0 Å². The first-order valence-corrected chi connectivity index (χ1v) is 6.89. The lowest BCUT2D eigenvalue weighted by atomic mass is 9.83. The Bertz CT molecular complexity index is 333. The molecule has 0 aromatic carbocycles. The molecule has 8 heteroatoms. The summed E-state index contributed by atoms with van der Waals surface area (Å²) < 4.78 is 0. The smallest absolute Gasteiger partial charge is 0.315 e. The number of hydrogen-bond donors (Lipinski definition) is 7. The van der Waals surface area contributed by atoms with Crippen LogP contribution in [-0.2, 0) is 0 Å². The number of nitrogens with one attached hydrogen (secondary N) is 2. The Morgan fingerprint density at radius 2 is 1.20 bits per heavy atom. The molecule has 2 rings (SSSR count). The average Bonchev–Trinajstić information content (AvgIpc) is 2.92. The molecular formula is C12H22N2O6. The molecule has 0 aromatic heterocycles. The Hall–Kier alpha value is -0.930. The van der Waals surface area contributed by atoms with Crippen molar-refractivity contribution < 1.29 is 30.3 Å². The van der Waals surface area contributed by atoms with Gasteiger partial charge < -0.3 is 36.2 Å². The molecule has 2 unspecified atom stereocenters. The zero-order chi connectivity index (χ0) is 14.9. The van der Waals surface area contributed by atoms with Crippen molar-refractivity contribution in [3.05, 3.63) is 0 Å². The zero-order valence-electron chi connectivity index (χ0n) is 11.0. The first-order valence-electron chi connectivity index (χ1n) is 6.89. The summed E-state index contributed by atoms with van der Waals surface area (Å²) in [4.78, 5) is 11.8. The minimum atomic E-state index is -1.66. The lowest BCUT2D eigenvalue weighted by Crippen LogP contribution is -2.69. The van der Waals surface area contributed by atoms with Gasteiger partial charge in [0, 0.05) is 6.04 Å². The summed E-state index contributed by atoms with van der Waals surface area (Å²) >= 11 is 0. The van der Waals surface area contributed by atoms with Crippen LogP contribution in [0, 0.1) is 0 Å². The quantitative estimate of drug-likeness (QED) is 0.298. The molecule has 0 spiro atoms. The van der Waals surface area contributed by atoms with Crippen LogP contribution in [0.5, 0.6) is 0 Å². The van der Waals surface area contributed by atoms with Gasteiger partial charge in [0.05, 0.1) is 6.04 Å². The van der Waals surface area contributed by atoms with Gasteiger partial charge in [-0.2, -0.15) is 0 Å². The predicted molar refractivity (Wildman–Crippen MR) is 67.7 cm³/mol. The summed E-state index contributed by atoms with van der Waals surface area (Å²) in [6, 6.07) is -1.76. The lowest BCUT2D eigenvalue weighted by Gasteiger charge is -2.42. The second kappa shape index (κ2) is 6.23. The summed E-state index contributed by atoms with van der Waals surface area (Å²) in [5, 5.41) is 53.2. The van der Waals surface area contributed by atoms with Crippen LogP contribution < -0.4 is 10.6 Å². The summed E-state index contributed by atoms with van der Waals surface area (Å²) in [5.74, 6) is 0. The Kier molecular flexibility index (Phi) is 4.82. The maximum Gasteiger partial charge on any atom is 0.315 e. The minimum Gasteiger partial charge on any atom is -0.388 e. The number of urea groups is 1. The van der Waals surface area contributed by atoms with Gasteiger partial charge in [-0.3, -0.25) is 0 Å². The molecule has 0 aromatic rings. The molecule has 2 aliphatic carbocycles. The maximum absolute atomic E-state index is 11.8. The first kappa shape index (κ1) is 15.5. The fourth-order valence-corrected chi connectivity index (χ4v) is 2.85. The summed E-state index contributed by atoms with van der Waals surface area (Å²) in [5.41, 5.74) is 0. The van der Waals surface area contributed by atoms with Crippen LogP contribution >= 0.6 is 0 Å². The van der Waals surface area contributed by atoms with Gasteiger partial charge in [0.25, 0.3) is 0 Å².